The van der Waals surface area contributed by atoms with Crippen LogP contribution in [0.15, 0.2) is 24.3 Å². The molecule has 1 atom stereocenters. The summed E-state index contributed by atoms with van der Waals surface area (Å²) in [5.41, 5.74) is 0. The van der Waals surface area contributed by atoms with Gasteiger partial charge in [-0.25, -0.2) is 0 Å². The maximum absolute atomic E-state index is 12.9. The molecule has 1 unspecified atom stereocenters. The number of carbonyl (C=O) groups is 3. The largest absolute Gasteiger partial charge is 0.462 e. The Morgan fingerprint density at radius 2 is 0.462 bits per heavy atom. The molecule has 0 aromatic carbocycles. The average molecular weight is 1100 g/mol. The van der Waals surface area contributed by atoms with Crippen LogP contribution in [-0.2, 0) is 28.6 Å². The Kier molecular flexibility index (Phi) is 65.6. The lowest BCUT2D eigenvalue weighted by molar-refractivity contribution is -0.167. The van der Waals surface area contributed by atoms with Crippen LogP contribution in [0.25, 0.3) is 0 Å². The van der Waals surface area contributed by atoms with E-state index in [1.165, 1.54) is 295 Å². The molecule has 0 rings (SSSR count). The predicted molar refractivity (Wildman–Crippen MR) is 340 cm³/mol. The Hall–Kier alpha value is -2.11. The molecule has 0 aliphatic heterocycles. The van der Waals surface area contributed by atoms with Crippen LogP contribution in [0.2, 0.25) is 0 Å². The van der Waals surface area contributed by atoms with Gasteiger partial charge in [0.25, 0.3) is 0 Å². The van der Waals surface area contributed by atoms with E-state index in [0.717, 1.165) is 64.2 Å². The van der Waals surface area contributed by atoms with Crippen LogP contribution in [-0.4, -0.2) is 37.2 Å². The van der Waals surface area contributed by atoms with Crippen molar-refractivity contribution in [3.05, 3.63) is 24.3 Å². The van der Waals surface area contributed by atoms with E-state index in [0.29, 0.717) is 19.3 Å². The van der Waals surface area contributed by atoms with Crippen LogP contribution in [0, 0.1) is 0 Å². The summed E-state index contributed by atoms with van der Waals surface area (Å²) in [7, 11) is 0. The van der Waals surface area contributed by atoms with Gasteiger partial charge in [-0.2, -0.15) is 0 Å². The maximum atomic E-state index is 12.9. The van der Waals surface area contributed by atoms with Crippen molar-refractivity contribution >= 4 is 17.9 Å². The zero-order chi connectivity index (χ0) is 56.4. The molecule has 0 radical (unpaired) electrons. The van der Waals surface area contributed by atoms with Gasteiger partial charge in [-0.05, 0) is 51.4 Å². The van der Waals surface area contributed by atoms with E-state index < -0.39 is 6.10 Å². The second-order valence-corrected chi connectivity index (χ2v) is 24.2. The van der Waals surface area contributed by atoms with Crippen molar-refractivity contribution in [1.82, 2.24) is 0 Å². The van der Waals surface area contributed by atoms with Crippen LogP contribution < -0.4 is 0 Å². The van der Waals surface area contributed by atoms with E-state index in [2.05, 4.69) is 45.1 Å². The molecule has 78 heavy (non-hydrogen) atoms. The van der Waals surface area contributed by atoms with Gasteiger partial charge in [0.1, 0.15) is 13.2 Å². The first kappa shape index (κ1) is 75.9. The molecule has 0 aromatic heterocycles. The van der Waals surface area contributed by atoms with Crippen molar-refractivity contribution in [3.63, 3.8) is 0 Å². The number of hydrogen-bond donors (Lipinski definition) is 0. The first-order valence-electron chi connectivity index (χ1n) is 35.3. The topological polar surface area (TPSA) is 78.9 Å². The van der Waals surface area contributed by atoms with Crippen LogP contribution in [0.5, 0.6) is 0 Å². The first-order chi connectivity index (χ1) is 38.5. The normalized spacial score (nSPS) is 12.1. The Labute approximate surface area is 487 Å². The number of hydrogen-bond acceptors (Lipinski definition) is 6. The molecule has 0 aromatic rings. The molecule has 0 heterocycles. The third-order valence-electron chi connectivity index (χ3n) is 16.2. The van der Waals surface area contributed by atoms with Gasteiger partial charge >= 0.3 is 17.9 Å². The van der Waals surface area contributed by atoms with Crippen molar-refractivity contribution in [3.8, 4) is 0 Å². The second-order valence-electron chi connectivity index (χ2n) is 24.2. The summed E-state index contributed by atoms with van der Waals surface area (Å²) < 4.78 is 17.0. The quantitative estimate of drug-likeness (QED) is 0.0261. The molecule has 6 heteroatoms. The summed E-state index contributed by atoms with van der Waals surface area (Å²) in [5.74, 6) is -0.839. The smallest absolute Gasteiger partial charge is 0.306 e. The molecule has 0 fully saturated rings. The molecule has 0 saturated carbocycles. The number of rotatable bonds is 66. The minimum atomic E-state index is -0.770. The van der Waals surface area contributed by atoms with Gasteiger partial charge < -0.3 is 14.2 Å². The minimum Gasteiger partial charge on any atom is -0.462 e. The lowest BCUT2D eigenvalue weighted by Crippen LogP contribution is -2.30. The molecule has 0 saturated heterocycles. The molecule has 0 N–H and O–H groups in total. The van der Waals surface area contributed by atoms with Crippen LogP contribution in [0.3, 0.4) is 0 Å². The molecule has 460 valence electrons. The number of allylic oxidation sites excluding steroid dienone is 4. The summed E-state index contributed by atoms with van der Waals surface area (Å²) in [6.07, 6.45) is 82.1. The lowest BCUT2D eigenvalue weighted by atomic mass is 10.0. The van der Waals surface area contributed by atoms with E-state index >= 15 is 0 Å². The van der Waals surface area contributed by atoms with Crippen molar-refractivity contribution in [2.75, 3.05) is 13.2 Å². The molecule has 0 aliphatic rings. The number of unbranched alkanes of at least 4 members (excludes halogenated alkanes) is 51. The van der Waals surface area contributed by atoms with Crippen molar-refractivity contribution < 1.29 is 28.6 Å². The highest BCUT2D eigenvalue weighted by atomic mass is 16.6. The van der Waals surface area contributed by atoms with Gasteiger partial charge in [-0.15, -0.1) is 0 Å². The molecule has 0 spiro atoms. The van der Waals surface area contributed by atoms with Gasteiger partial charge in [0.05, 0.1) is 0 Å². The number of esters is 3. The average Bonchev–Trinajstić information content (AvgIpc) is 3.44. The fourth-order valence-corrected chi connectivity index (χ4v) is 10.9. The summed E-state index contributed by atoms with van der Waals surface area (Å²) in [6.45, 7) is 6.71. The van der Waals surface area contributed by atoms with Crippen LogP contribution in [0.1, 0.15) is 400 Å². The zero-order valence-corrected chi connectivity index (χ0v) is 53.0. The first-order valence-corrected chi connectivity index (χ1v) is 35.3. The lowest BCUT2D eigenvalue weighted by Gasteiger charge is -2.18. The fraction of sp³-hybridized carbons (Fsp3) is 0.903. The van der Waals surface area contributed by atoms with E-state index in [4.69, 9.17) is 14.2 Å². The van der Waals surface area contributed by atoms with Gasteiger partial charge in [-0.3, -0.25) is 14.4 Å². The van der Waals surface area contributed by atoms with E-state index in [1.807, 2.05) is 0 Å². The molecular formula is C72H136O6. The van der Waals surface area contributed by atoms with E-state index in [9.17, 15) is 14.4 Å². The molecule has 0 amide bonds. The highest BCUT2D eigenvalue weighted by Gasteiger charge is 2.19. The maximum Gasteiger partial charge on any atom is 0.306 e. The summed E-state index contributed by atoms with van der Waals surface area (Å²) in [4.78, 5) is 38.4. The SMILES string of the molecule is CCCCCCC/C=C\C/C=C\CCCCCCCCCCCC(=O)OC(COC(=O)CCCCCCCCCCCCCCC)COC(=O)CCCCCCCCCCCCCCCCCCCCCCCCCCCC. The van der Waals surface area contributed by atoms with Crippen LogP contribution >= 0.6 is 0 Å². The zero-order valence-electron chi connectivity index (χ0n) is 53.0. The van der Waals surface area contributed by atoms with Gasteiger partial charge in [0.15, 0.2) is 6.10 Å². The van der Waals surface area contributed by atoms with Crippen molar-refractivity contribution in [2.24, 2.45) is 0 Å². The highest BCUT2D eigenvalue weighted by molar-refractivity contribution is 5.71. The highest BCUT2D eigenvalue weighted by Crippen LogP contribution is 2.19. The number of carbonyl (C=O) groups excluding carboxylic acids is 3. The van der Waals surface area contributed by atoms with Gasteiger partial charge in [0, 0.05) is 19.3 Å². The Morgan fingerprint density at radius 3 is 0.705 bits per heavy atom. The predicted octanol–water partition coefficient (Wildman–Crippen LogP) is 24.2. The van der Waals surface area contributed by atoms with Crippen LogP contribution in [0.4, 0.5) is 0 Å². The Morgan fingerprint density at radius 1 is 0.256 bits per heavy atom. The van der Waals surface area contributed by atoms with E-state index in [1.54, 1.807) is 0 Å². The van der Waals surface area contributed by atoms with Crippen molar-refractivity contribution in [1.29, 1.82) is 0 Å². The molecule has 0 bridgehead atoms. The number of ether oxygens (including phenoxy) is 3. The molecule has 0 aliphatic carbocycles. The van der Waals surface area contributed by atoms with Crippen molar-refractivity contribution in [2.45, 2.75) is 406 Å². The third kappa shape index (κ3) is 64.7. The van der Waals surface area contributed by atoms with Gasteiger partial charge in [0.2, 0.25) is 0 Å². The second kappa shape index (κ2) is 67.4. The Balaban J connectivity index is 4.21. The third-order valence-corrected chi connectivity index (χ3v) is 16.2. The standard InChI is InChI=1S/C72H136O6/c1-4-7-10-13-16-19-22-25-27-29-31-33-34-35-36-37-39-40-42-44-47-50-53-56-59-62-65-71(74)77-68-69(67-76-70(73)64-61-58-55-52-49-46-24-21-18-15-12-9-6-3)78-72(75)66-63-60-57-54-51-48-45-43-41-38-32-30-28-26-23-20-17-14-11-8-5-2/h23,26,30,32,69H,4-22,24-25,27-29,31,33-68H2,1-3H3/b26-23-,32-30-. The van der Waals surface area contributed by atoms with Gasteiger partial charge in [-0.1, -0.05) is 353 Å². The fourth-order valence-electron chi connectivity index (χ4n) is 10.9. The monoisotopic (exact) mass is 1100 g/mol. The Bertz CT molecular complexity index is 1260. The van der Waals surface area contributed by atoms with E-state index in [-0.39, 0.29) is 31.1 Å². The molecule has 6 nitrogen and oxygen atoms in total. The summed E-state index contributed by atoms with van der Waals surface area (Å²) >= 11 is 0. The minimum absolute atomic E-state index is 0.0665. The summed E-state index contributed by atoms with van der Waals surface area (Å²) in [6, 6.07) is 0. The molecular weight excluding hydrogens is 961 g/mol. The summed E-state index contributed by atoms with van der Waals surface area (Å²) in [5, 5.41) is 0.